The Hall–Kier alpha value is -3.26. The maximum Gasteiger partial charge on any atom is 0.271 e. The number of rotatable bonds is 7. The molecule has 0 radical (unpaired) electrons. The van der Waals surface area contributed by atoms with Gasteiger partial charge in [-0.2, -0.15) is 5.10 Å². The summed E-state index contributed by atoms with van der Waals surface area (Å²) in [4.78, 5) is 33.9. The summed E-state index contributed by atoms with van der Waals surface area (Å²) in [5.74, 6) is -0.563. The van der Waals surface area contributed by atoms with E-state index in [1.54, 1.807) is 24.3 Å². The topological polar surface area (TPSA) is 114 Å². The average molecular weight is 389 g/mol. The summed E-state index contributed by atoms with van der Waals surface area (Å²) >= 11 is 5.95. The van der Waals surface area contributed by atoms with Crippen LogP contribution in [0, 0.1) is 10.1 Å². The smallest absolute Gasteiger partial charge is 0.271 e. The molecule has 0 fully saturated rings. The number of nitrogens with zero attached hydrogens (tertiary/aromatic N) is 2. The number of hydrazone groups is 1. The molecule has 0 unspecified atom stereocenters. The zero-order valence-corrected chi connectivity index (χ0v) is 15.2. The minimum atomic E-state index is -0.549. The lowest BCUT2D eigenvalue weighted by Gasteiger charge is -2.05. The van der Waals surface area contributed by atoms with Crippen LogP contribution >= 0.6 is 11.6 Å². The lowest BCUT2D eigenvalue weighted by Crippen LogP contribution is -2.17. The molecule has 0 heterocycles. The van der Waals surface area contributed by atoms with Crippen LogP contribution in [-0.4, -0.2) is 23.0 Å². The Morgan fingerprint density at radius 2 is 1.93 bits per heavy atom. The molecule has 27 heavy (non-hydrogen) atoms. The van der Waals surface area contributed by atoms with Gasteiger partial charge in [-0.25, -0.2) is 5.43 Å². The molecule has 0 atom stereocenters. The Kier molecular flexibility index (Phi) is 7.01. The maximum absolute atomic E-state index is 12.1. The van der Waals surface area contributed by atoms with Crippen molar-refractivity contribution in [3.63, 3.8) is 0 Å². The highest BCUT2D eigenvalue weighted by Gasteiger charge is 2.09. The number of nitro benzene ring substituents is 1. The maximum atomic E-state index is 12.1. The molecule has 2 aromatic rings. The summed E-state index contributed by atoms with van der Waals surface area (Å²) in [6.45, 7) is 1.91. The third-order valence-electron chi connectivity index (χ3n) is 3.47. The number of hydrogen-bond donors (Lipinski definition) is 2. The van der Waals surface area contributed by atoms with E-state index in [-0.39, 0.29) is 16.6 Å². The van der Waals surface area contributed by atoms with Gasteiger partial charge in [-0.3, -0.25) is 19.7 Å². The first-order valence-electron chi connectivity index (χ1n) is 8.08. The van der Waals surface area contributed by atoms with Crippen LogP contribution in [0.1, 0.15) is 35.7 Å². The van der Waals surface area contributed by atoms with Gasteiger partial charge < -0.3 is 5.32 Å². The van der Waals surface area contributed by atoms with E-state index in [0.29, 0.717) is 23.2 Å². The first-order valence-corrected chi connectivity index (χ1v) is 8.45. The van der Waals surface area contributed by atoms with Crippen molar-refractivity contribution in [2.45, 2.75) is 19.8 Å². The van der Waals surface area contributed by atoms with Crippen molar-refractivity contribution < 1.29 is 14.5 Å². The normalized spacial score (nSPS) is 10.6. The third-order valence-corrected chi connectivity index (χ3v) is 3.81. The third kappa shape index (κ3) is 5.89. The second kappa shape index (κ2) is 9.44. The van der Waals surface area contributed by atoms with Gasteiger partial charge in [-0.05, 0) is 36.8 Å². The van der Waals surface area contributed by atoms with E-state index in [0.717, 1.165) is 6.42 Å². The SMILES string of the molecule is CCCC(=O)Nc1ccc(C(=O)NN=Cc2cc([N+](=O)[O-])ccc2Cl)cc1. The fourth-order valence-electron chi connectivity index (χ4n) is 2.12. The standard InChI is InChI=1S/C18H17ClN4O4/c1-2-3-17(24)21-14-6-4-12(5-7-14)18(25)22-20-11-13-10-15(23(26)27)8-9-16(13)19/h4-11H,2-3H2,1H3,(H,21,24)(H,22,25). The van der Waals surface area contributed by atoms with Gasteiger partial charge in [0, 0.05) is 40.4 Å². The highest BCUT2D eigenvalue weighted by atomic mass is 35.5. The molecule has 2 rings (SSSR count). The quantitative estimate of drug-likeness (QED) is 0.427. The number of anilines is 1. The predicted octanol–water partition coefficient (Wildman–Crippen LogP) is 3.75. The summed E-state index contributed by atoms with van der Waals surface area (Å²) in [6.07, 6.45) is 2.41. The highest BCUT2D eigenvalue weighted by Crippen LogP contribution is 2.20. The number of halogens is 1. The molecule has 0 aromatic heterocycles. The van der Waals surface area contributed by atoms with Crippen LogP contribution in [0.4, 0.5) is 11.4 Å². The Bertz CT molecular complexity index is 881. The molecule has 0 aliphatic heterocycles. The van der Waals surface area contributed by atoms with E-state index in [4.69, 9.17) is 11.6 Å². The fourth-order valence-corrected chi connectivity index (χ4v) is 2.29. The molecular weight excluding hydrogens is 372 g/mol. The number of hydrogen-bond acceptors (Lipinski definition) is 5. The van der Waals surface area contributed by atoms with Crippen LogP contribution in [0.5, 0.6) is 0 Å². The van der Waals surface area contributed by atoms with Crippen molar-refractivity contribution in [1.82, 2.24) is 5.43 Å². The van der Waals surface area contributed by atoms with E-state index < -0.39 is 10.8 Å². The summed E-state index contributed by atoms with van der Waals surface area (Å²) in [5, 5.41) is 17.6. The van der Waals surface area contributed by atoms with Gasteiger partial charge >= 0.3 is 0 Å². The molecule has 0 aliphatic carbocycles. The van der Waals surface area contributed by atoms with Gasteiger partial charge in [0.05, 0.1) is 11.1 Å². The first-order chi connectivity index (χ1) is 12.9. The monoisotopic (exact) mass is 388 g/mol. The van der Waals surface area contributed by atoms with Gasteiger partial charge in [0.15, 0.2) is 0 Å². The predicted molar refractivity (Wildman–Crippen MR) is 103 cm³/mol. The molecule has 2 N–H and O–H groups in total. The molecule has 0 bridgehead atoms. The minimum absolute atomic E-state index is 0.0897. The number of carbonyl (C=O) groups excluding carboxylic acids is 2. The van der Waals surface area contributed by atoms with Crippen molar-refractivity contribution in [2.24, 2.45) is 5.10 Å². The Labute approximate surface area is 160 Å². The van der Waals surface area contributed by atoms with E-state index >= 15 is 0 Å². The molecule has 0 saturated heterocycles. The minimum Gasteiger partial charge on any atom is -0.326 e. The molecule has 0 saturated carbocycles. The van der Waals surface area contributed by atoms with Crippen LogP contribution in [0.25, 0.3) is 0 Å². The number of carbonyl (C=O) groups is 2. The first kappa shape index (κ1) is 20.1. The number of nitro groups is 1. The van der Waals surface area contributed by atoms with Crippen LogP contribution in [0.3, 0.4) is 0 Å². The average Bonchev–Trinajstić information content (AvgIpc) is 2.63. The van der Waals surface area contributed by atoms with Crippen LogP contribution in [-0.2, 0) is 4.79 Å². The molecular formula is C18H17ClN4O4. The fraction of sp³-hybridized carbons (Fsp3) is 0.167. The van der Waals surface area contributed by atoms with Gasteiger partial charge in [-0.15, -0.1) is 0 Å². The van der Waals surface area contributed by atoms with Gasteiger partial charge in [0.2, 0.25) is 5.91 Å². The van der Waals surface area contributed by atoms with Crippen molar-refractivity contribution in [3.8, 4) is 0 Å². The van der Waals surface area contributed by atoms with Crippen LogP contribution < -0.4 is 10.7 Å². The van der Waals surface area contributed by atoms with E-state index in [1.807, 2.05) is 6.92 Å². The molecule has 8 nitrogen and oxygen atoms in total. The summed E-state index contributed by atoms with van der Waals surface area (Å²) in [5.41, 5.74) is 3.43. The molecule has 9 heteroatoms. The molecule has 2 amide bonds. The summed E-state index contributed by atoms with van der Waals surface area (Å²) in [7, 11) is 0. The molecule has 2 aromatic carbocycles. The number of nitrogens with one attached hydrogen (secondary N) is 2. The Morgan fingerprint density at radius 3 is 2.56 bits per heavy atom. The van der Waals surface area contributed by atoms with Gasteiger partial charge in [-0.1, -0.05) is 18.5 Å². The summed E-state index contributed by atoms with van der Waals surface area (Å²) < 4.78 is 0. The second-order valence-electron chi connectivity index (χ2n) is 5.54. The Balaban J connectivity index is 1.99. The number of non-ortho nitro benzene ring substituents is 1. The van der Waals surface area contributed by atoms with Gasteiger partial charge in [0.1, 0.15) is 0 Å². The largest absolute Gasteiger partial charge is 0.326 e. The molecule has 0 spiro atoms. The zero-order chi connectivity index (χ0) is 19.8. The van der Waals surface area contributed by atoms with Crippen LogP contribution in [0.2, 0.25) is 5.02 Å². The lowest BCUT2D eigenvalue weighted by molar-refractivity contribution is -0.384. The van der Waals surface area contributed by atoms with Crippen molar-refractivity contribution in [1.29, 1.82) is 0 Å². The molecule has 0 aliphatic rings. The second-order valence-corrected chi connectivity index (χ2v) is 5.94. The van der Waals surface area contributed by atoms with E-state index in [2.05, 4.69) is 15.8 Å². The lowest BCUT2D eigenvalue weighted by atomic mass is 10.2. The van der Waals surface area contributed by atoms with Crippen molar-refractivity contribution in [3.05, 3.63) is 68.7 Å². The highest BCUT2D eigenvalue weighted by molar-refractivity contribution is 6.33. The number of amides is 2. The van der Waals surface area contributed by atoms with Crippen molar-refractivity contribution >= 4 is 41.0 Å². The van der Waals surface area contributed by atoms with E-state index in [1.165, 1.54) is 24.4 Å². The van der Waals surface area contributed by atoms with Crippen molar-refractivity contribution in [2.75, 3.05) is 5.32 Å². The zero-order valence-electron chi connectivity index (χ0n) is 14.4. The summed E-state index contributed by atoms with van der Waals surface area (Å²) in [6, 6.07) is 10.2. The van der Waals surface area contributed by atoms with E-state index in [9.17, 15) is 19.7 Å². The van der Waals surface area contributed by atoms with Crippen LogP contribution in [0.15, 0.2) is 47.6 Å². The Morgan fingerprint density at radius 1 is 1.22 bits per heavy atom. The van der Waals surface area contributed by atoms with Gasteiger partial charge in [0.25, 0.3) is 11.6 Å². The molecule has 140 valence electrons. The number of benzene rings is 2.